The van der Waals surface area contributed by atoms with Crippen LogP contribution in [-0.2, 0) is 11.0 Å². The molecule has 0 aromatic heterocycles. The van der Waals surface area contributed by atoms with E-state index in [1.54, 1.807) is 0 Å². The number of carbonyl (C=O) groups is 1. The maximum atomic E-state index is 12.7. The number of benzene rings is 2. The van der Waals surface area contributed by atoms with E-state index in [2.05, 4.69) is 4.74 Å². The number of hydrogen-bond acceptors (Lipinski definition) is 2. The molecule has 3 nitrogen and oxygen atoms in total. The lowest BCUT2D eigenvalue weighted by Crippen LogP contribution is -2.17. The lowest BCUT2D eigenvalue weighted by Gasteiger charge is -2.13. The zero-order chi connectivity index (χ0) is 20.9. The van der Waals surface area contributed by atoms with Gasteiger partial charge in [-0.1, -0.05) is 36.4 Å². The van der Waals surface area contributed by atoms with Crippen LogP contribution in [0, 0.1) is 0 Å². The van der Waals surface area contributed by atoms with Crippen molar-refractivity contribution in [1.82, 2.24) is 0 Å². The molecule has 0 aliphatic heterocycles. The summed E-state index contributed by atoms with van der Waals surface area (Å²) >= 11 is 0. The first-order valence-electron chi connectivity index (χ1n) is 7.61. The van der Waals surface area contributed by atoms with Crippen LogP contribution in [0.5, 0.6) is 5.75 Å². The van der Waals surface area contributed by atoms with Crippen LogP contribution in [0.3, 0.4) is 0 Å². The summed E-state index contributed by atoms with van der Waals surface area (Å²) in [5.41, 5.74) is -0.256. The molecule has 0 saturated heterocycles. The van der Waals surface area contributed by atoms with E-state index in [1.165, 1.54) is 18.2 Å². The lowest BCUT2D eigenvalue weighted by atomic mass is 9.96. The first kappa shape index (κ1) is 21.1. The molecule has 0 amide bonds. The molecule has 2 aromatic rings. The highest BCUT2D eigenvalue weighted by atomic mass is 19.4. The molecule has 0 unspecified atom stereocenters. The molecule has 0 atom stereocenters. The fourth-order valence-corrected chi connectivity index (χ4v) is 2.29. The van der Waals surface area contributed by atoms with Crippen molar-refractivity contribution < 1.29 is 41.0 Å². The molecular formula is C19H12F6O3. The van der Waals surface area contributed by atoms with Gasteiger partial charge in [-0.05, 0) is 41.0 Å². The molecule has 0 aliphatic rings. The lowest BCUT2D eigenvalue weighted by molar-refractivity contribution is -0.274. The molecule has 0 bridgehead atoms. The van der Waals surface area contributed by atoms with Gasteiger partial charge < -0.3 is 9.84 Å². The number of halogens is 6. The molecule has 0 radical (unpaired) electrons. The fourth-order valence-electron chi connectivity index (χ4n) is 2.29. The third-order valence-electron chi connectivity index (χ3n) is 3.40. The van der Waals surface area contributed by atoms with Crippen LogP contribution in [0.2, 0.25) is 0 Å². The molecule has 0 heterocycles. The number of hydrogen-bond donors (Lipinski definition) is 1. The number of aliphatic carboxylic acids is 1. The Kier molecular flexibility index (Phi) is 6.17. The second-order valence-electron chi connectivity index (χ2n) is 5.43. The SMILES string of the molecule is O=C(O)/C=C/C=C(\c1ccc(C(F)(F)F)cc1)c1cccc(OC(F)(F)F)c1. The molecule has 0 saturated carbocycles. The van der Waals surface area contributed by atoms with Crippen LogP contribution in [-0.4, -0.2) is 17.4 Å². The zero-order valence-corrected chi connectivity index (χ0v) is 13.9. The van der Waals surface area contributed by atoms with Gasteiger partial charge in [0.15, 0.2) is 0 Å². The molecule has 148 valence electrons. The highest BCUT2D eigenvalue weighted by Crippen LogP contribution is 2.33. The molecule has 0 fully saturated rings. The van der Waals surface area contributed by atoms with Gasteiger partial charge in [-0.2, -0.15) is 13.2 Å². The Morgan fingerprint density at radius 3 is 2.11 bits per heavy atom. The molecule has 0 spiro atoms. The standard InChI is InChI=1S/C19H12F6O3/c20-18(21,22)14-9-7-12(8-10-14)16(5-2-6-17(26)27)13-3-1-4-15(11-13)28-19(23,24)25/h1-11H,(H,26,27)/b6-2+,16-5+. The van der Waals surface area contributed by atoms with Gasteiger partial charge in [-0.25, -0.2) is 4.79 Å². The van der Waals surface area contributed by atoms with E-state index in [0.29, 0.717) is 0 Å². The van der Waals surface area contributed by atoms with E-state index < -0.39 is 29.8 Å². The monoisotopic (exact) mass is 402 g/mol. The van der Waals surface area contributed by atoms with Crippen molar-refractivity contribution in [1.29, 1.82) is 0 Å². The van der Waals surface area contributed by atoms with Crippen molar-refractivity contribution in [2.24, 2.45) is 0 Å². The Morgan fingerprint density at radius 1 is 0.929 bits per heavy atom. The quantitative estimate of drug-likeness (QED) is 0.398. The average molecular weight is 402 g/mol. The summed E-state index contributed by atoms with van der Waals surface area (Å²) in [7, 11) is 0. The average Bonchev–Trinajstić information content (AvgIpc) is 2.56. The number of allylic oxidation sites excluding steroid dienone is 2. The van der Waals surface area contributed by atoms with Gasteiger partial charge in [0, 0.05) is 6.08 Å². The van der Waals surface area contributed by atoms with Crippen LogP contribution in [0.1, 0.15) is 16.7 Å². The molecule has 2 aromatic carbocycles. The minimum absolute atomic E-state index is 0.191. The summed E-state index contributed by atoms with van der Waals surface area (Å²) < 4.78 is 79.3. The third-order valence-corrected chi connectivity index (χ3v) is 3.40. The van der Waals surface area contributed by atoms with E-state index in [0.717, 1.165) is 48.6 Å². The fraction of sp³-hybridized carbons (Fsp3) is 0.105. The van der Waals surface area contributed by atoms with Crippen LogP contribution in [0.25, 0.3) is 5.57 Å². The van der Waals surface area contributed by atoms with Crippen molar-refractivity contribution >= 4 is 11.5 Å². The molecule has 28 heavy (non-hydrogen) atoms. The maximum Gasteiger partial charge on any atom is 0.573 e. The Balaban J connectivity index is 2.49. The first-order chi connectivity index (χ1) is 13.0. The Labute approximate surface area is 155 Å². The largest absolute Gasteiger partial charge is 0.573 e. The topological polar surface area (TPSA) is 46.5 Å². The van der Waals surface area contributed by atoms with Crippen molar-refractivity contribution in [2.75, 3.05) is 0 Å². The van der Waals surface area contributed by atoms with Crippen molar-refractivity contribution in [3.63, 3.8) is 0 Å². The van der Waals surface area contributed by atoms with Gasteiger partial charge >= 0.3 is 18.5 Å². The number of rotatable bonds is 5. The predicted octanol–water partition coefficient (Wildman–Crippen LogP) is 5.68. The van der Waals surface area contributed by atoms with Gasteiger partial charge in [0.25, 0.3) is 0 Å². The van der Waals surface area contributed by atoms with Gasteiger partial charge in [0.05, 0.1) is 5.56 Å². The molecule has 1 N–H and O–H groups in total. The van der Waals surface area contributed by atoms with Gasteiger partial charge in [-0.15, -0.1) is 13.2 Å². The van der Waals surface area contributed by atoms with E-state index >= 15 is 0 Å². The van der Waals surface area contributed by atoms with Crippen molar-refractivity contribution in [3.05, 3.63) is 83.4 Å². The van der Waals surface area contributed by atoms with Gasteiger partial charge in [0.1, 0.15) is 5.75 Å². The van der Waals surface area contributed by atoms with E-state index in [9.17, 15) is 31.1 Å². The van der Waals surface area contributed by atoms with E-state index in [4.69, 9.17) is 5.11 Å². The summed E-state index contributed by atoms with van der Waals surface area (Å²) in [5, 5.41) is 8.68. The number of carboxylic acid groups (broad SMARTS) is 1. The summed E-state index contributed by atoms with van der Waals surface area (Å²) in [6.07, 6.45) is -6.30. The predicted molar refractivity (Wildman–Crippen MR) is 88.4 cm³/mol. The minimum atomic E-state index is -4.92. The van der Waals surface area contributed by atoms with Crippen LogP contribution in [0.15, 0.2) is 66.8 Å². The molecular weight excluding hydrogens is 390 g/mol. The maximum absolute atomic E-state index is 12.7. The van der Waals surface area contributed by atoms with Crippen LogP contribution >= 0.6 is 0 Å². The normalized spacial score (nSPS) is 13.0. The second kappa shape index (κ2) is 8.20. The summed E-state index contributed by atoms with van der Waals surface area (Å²) in [5.74, 6) is -1.79. The van der Waals surface area contributed by atoms with Crippen molar-refractivity contribution in [2.45, 2.75) is 12.5 Å². The van der Waals surface area contributed by atoms with Gasteiger partial charge in [-0.3, -0.25) is 0 Å². The van der Waals surface area contributed by atoms with Gasteiger partial charge in [0.2, 0.25) is 0 Å². The molecule has 0 aliphatic carbocycles. The summed E-state index contributed by atoms with van der Waals surface area (Å²) in [6, 6.07) is 8.72. The Morgan fingerprint density at radius 2 is 1.57 bits per heavy atom. The highest BCUT2D eigenvalue weighted by molar-refractivity contribution is 5.84. The number of carboxylic acids is 1. The Bertz CT molecular complexity index is 893. The first-order valence-corrected chi connectivity index (χ1v) is 7.61. The third kappa shape index (κ3) is 6.19. The smallest absolute Gasteiger partial charge is 0.478 e. The number of alkyl halides is 6. The minimum Gasteiger partial charge on any atom is -0.478 e. The van der Waals surface area contributed by atoms with Crippen LogP contribution in [0.4, 0.5) is 26.3 Å². The zero-order valence-electron chi connectivity index (χ0n) is 13.9. The highest BCUT2D eigenvalue weighted by Gasteiger charge is 2.31. The van der Waals surface area contributed by atoms with Crippen LogP contribution < -0.4 is 4.74 Å². The Hall–Kier alpha value is -3.23. The second-order valence-corrected chi connectivity index (χ2v) is 5.43. The van der Waals surface area contributed by atoms with E-state index in [-0.39, 0.29) is 16.7 Å². The van der Waals surface area contributed by atoms with Crippen molar-refractivity contribution in [3.8, 4) is 5.75 Å². The molecule has 2 rings (SSSR count). The van der Waals surface area contributed by atoms with E-state index in [1.807, 2.05) is 0 Å². The summed E-state index contributed by atoms with van der Waals surface area (Å²) in [4.78, 5) is 10.6. The molecule has 9 heteroatoms. The summed E-state index contributed by atoms with van der Waals surface area (Å²) in [6.45, 7) is 0. The number of ether oxygens (including phenoxy) is 1.